The van der Waals surface area contributed by atoms with Gasteiger partial charge in [0.2, 0.25) is 0 Å². The average molecular weight is 263 g/mol. The predicted molar refractivity (Wildman–Crippen MR) is 74.6 cm³/mol. The van der Waals surface area contributed by atoms with Crippen molar-refractivity contribution < 1.29 is 9.90 Å². The van der Waals surface area contributed by atoms with E-state index in [1.54, 1.807) is 5.57 Å². The van der Waals surface area contributed by atoms with Gasteiger partial charge in [0.05, 0.1) is 6.42 Å². The highest BCUT2D eigenvalue weighted by molar-refractivity contribution is 5.68. The van der Waals surface area contributed by atoms with Crippen LogP contribution >= 0.6 is 0 Å². The minimum atomic E-state index is -0.697. The molecule has 0 aromatic heterocycles. The lowest BCUT2D eigenvalue weighted by molar-refractivity contribution is -0.144. The third kappa shape index (κ3) is 2.12. The quantitative estimate of drug-likeness (QED) is 0.750. The van der Waals surface area contributed by atoms with Gasteiger partial charge in [-0.2, -0.15) is 0 Å². The van der Waals surface area contributed by atoms with Crippen LogP contribution in [0.15, 0.2) is 11.6 Å². The van der Waals surface area contributed by atoms with Gasteiger partial charge in [-0.25, -0.2) is 0 Å². The lowest BCUT2D eigenvalue weighted by Crippen LogP contribution is -2.51. The molecule has 0 spiro atoms. The number of carboxylic acid groups (broad SMARTS) is 1. The summed E-state index contributed by atoms with van der Waals surface area (Å²) in [6, 6.07) is 0. The van der Waals surface area contributed by atoms with Crippen LogP contribution in [0, 0.1) is 22.7 Å². The summed E-state index contributed by atoms with van der Waals surface area (Å²) >= 11 is 0. The Bertz CT molecular complexity index is 424. The molecule has 0 radical (unpaired) electrons. The highest BCUT2D eigenvalue weighted by Crippen LogP contribution is 2.61. The first kappa shape index (κ1) is 13.2. The van der Waals surface area contributed by atoms with Gasteiger partial charge in [0.15, 0.2) is 0 Å². The van der Waals surface area contributed by atoms with Crippen LogP contribution < -0.4 is 5.73 Å². The summed E-state index contributed by atoms with van der Waals surface area (Å²) in [4.78, 5) is 11.0. The van der Waals surface area contributed by atoms with Crippen molar-refractivity contribution in [3.63, 3.8) is 0 Å². The summed E-state index contributed by atoms with van der Waals surface area (Å²) in [6.45, 7) is 2.91. The SMILES string of the molecule is CC1(CC2=C[C@@H]3[C@H](C2)C[C@]3(CN)CC(=O)O)CCC1. The number of rotatable bonds is 5. The average Bonchev–Trinajstić information content (AvgIpc) is 2.62. The molecule has 3 aliphatic rings. The van der Waals surface area contributed by atoms with Crippen molar-refractivity contribution in [3.05, 3.63) is 11.6 Å². The van der Waals surface area contributed by atoms with E-state index in [0.717, 1.165) is 6.42 Å². The molecular formula is C16H25NO2. The maximum Gasteiger partial charge on any atom is 0.303 e. The second-order valence-electron chi connectivity index (χ2n) is 7.50. The molecule has 0 aliphatic heterocycles. The first-order chi connectivity index (χ1) is 8.96. The number of fused-ring (bicyclic) bond motifs is 1. The number of aliphatic carboxylic acids is 1. The second kappa shape index (κ2) is 4.34. The second-order valence-corrected chi connectivity index (χ2v) is 7.50. The van der Waals surface area contributed by atoms with E-state index in [2.05, 4.69) is 13.0 Å². The van der Waals surface area contributed by atoms with Crippen LogP contribution in [0.3, 0.4) is 0 Å². The van der Waals surface area contributed by atoms with Crippen molar-refractivity contribution in [1.29, 1.82) is 0 Å². The van der Waals surface area contributed by atoms with Gasteiger partial charge in [-0.05, 0) is 61.3 Å². The van der Waals surface area contributed by atoms with E-state index in [4.69, 9.17) is 10.8 Å². The van der Waals surface area contributed by atoms with Crippen molar-refractivity contribution in [3.8, 4) is 0 Å². The van der Waals surface area contributed by atoms with E-state index >= 15 is 0 Å². The zero-order valence-electron chi connectivity index (χ0n) is 11.8. The monoisotopic (exact) mass is 263 g/mol. The fourth-order valence-electron chi connectivity index (χ4n) is 4.71. The molecule has 19 heavy (non-hydrogen) atoms. The molecule has 3 aliphatic carbocycles. The van der Waals surface area contributed by atoms with Gasteiger partial charge in [-0.3, -0.25) is 4.79 Å². The Morgan fingerprint density at radius 2 is 2.26 bits per heavy atom. The summed E-state index contributed by atoms with van der Waals surface area (Å²) < 4.78 is 0. The zero-order valence-corrected chi connectivity index (χ0v) is 11.8. The maximum atomic E-state index is 11.0. The van der Waals surface area contributed by atoms with E-state index < -0.39 is 5.97 Å². The highest BCUT2D eigenvalue weighted by atomic mass is 16.4. The molecule has 0 unspecified atom stereocenters. The molecule has 0 amide bonds. The molecule has 3 atom stereocenters. The minimum Gasteiger partial charge on any atom is -0.481 e. The van der Waals surface area contributed by atoms with Crippen molar-refractivity contribution in [2.75, 3.05) is 6.54 Å². The molecular weight excluding hydrogens is 238 g/mol. The Balaban J connectivity index is 1.68. The van der Waals surface area contributed by atoms with E-state index in [1.165, 1.54) is 32.1 Å². The molecule has 3 nitrogen and oxygen atoms in total. The van der Waals surface area contributed by atoms with Crippen LogP contribution in [0.5, 0.6) is 0 Å². The summed E-state index contributed by atoms with van der Waals surface area (Å²) in [7, 11) is 0. The minimum absolute atomic E-state index is 0.140. The summed E-state index contributed by atoms with van der Waals surface area (Å²) in [5.41, 5.74) is 7.87. The largest absolute Gasteiger partial charge is 0.481 e. The lowest BCUT2D eigenvalue weighted by atomic mass is 9.53. The molecule has 0 aromatic rings. The molecule has 2 saturated carbocycles. The van der Waals surface area contributed by atoms with Gasteiger partial charge in [-0.15, -0.1) is 0 Å². The Hall–Kier alpha value is -0.830. The summed E-state index contributed by atoms with van der Waals surface area (Å²) in [5.74, 6) is 0.422. The van der Waals surface area contributed by atoms with Gasteiger partial charge in [-0.1, -0.05) is 25.0 Å². The first-order valence-corrected chi connectivity index (χ1v) is 7.58. The molecule has 0 aromatic carbocycles. The van der Waals surface area contributed by atoms with Crippen molar-refractivity contribution in [2.24, 2.45) is 28.4 Å². The number of hydrogen-bond acceptors (Lipinski definition) is 2. The third-order valence-corrected chi connectivity index (χ3v) is 5.95. The molecule has 0 saturated heterocycles. The van der Waals surface area contributed by atoms with Crippen molar-refractivity contribution in [1.82, 2.24) is 0 Å². The Labute approximate surface area is 115 Å². The fraction of sp³-hybridized carbons (Fsp3) is 0.812. The van der Waals surface area contributed by atoms with Crippen molar-refractivity contribution >= 4 is 5.97 Å². The Morgan fingerprint density at radius 1 is 1.53 bits per heavy atom. The van der Waals surface area contributed by atoms with Crippen LogP contribution in [-0.2, 0) is 4.79 Å². The van der Waals surface area contributed by atoms with Gasteiger partial charge < -0.3 is 10.8 Å². The summed E-state index contributed by atoms with van der Waals surface area (Å²) in [5, 5.41) is 9.09. The van der Waals surface area contributed by atoms with Crippen LogP contribution in [0.2, 0.25) is 0 Å². The number of carbonyl (C=O) groups is 1. The molecule has 3 rings (SSSR count). The van der Waals surface area contributed by atoms with E-state index in [0.29, 0.717) is 23.8 Å². The number of nitrogens with two attached hydrogens (primary N) is 1. The first-order valence-electron chi connectivity index (χ1n) is 7.58. The molecule has 0 heterocycles. The molecule has 2 fully saturated rings. The van der Waals surface area contributed by atoms with Gasteiger partial charge >= 0.3 is 5.97 Å². The van der Waals surface area contributed by atoms with Gasteiger partial charge in [0.25, 0.3) is 0 Å². The normalized spacial score (nSPS) is 38.9. The Morgan fingerprint density at radius 3 is 2.79 bits per heavy atom. The van der Waals surface area contributed by atoms with Gasteiger partial charge in [0.1, 0.15) is 0 Å². The molecule has 106 valence electrons. The number of hydrogen-bond donors (Lipinski definition) is 2. The zero-order chi connectivity index (χ0) is 13.7. The summed E-state index contributed by atoms with van der Waals surface area (Å²) in [6.07, 6.45) is 10.2. The Kier molecular flexibility index (Phi) is 3.01. The molecule has 3 N–H and O–H groups in total. The van der Waals surface area contributed by atoms with Crippen molar-refractivity contribution in [2.45, 2.75) is 51.9 Å². The number of carboxylic acids is 1. The smallest absolute Gasteiger partial charge is 0.303 e. The van der Waals surface area contributed by atoms with E-state index in [1.807, 2.05) is 0 Å². The van der Waals surface area contributed by atoms with Crippen LogP contribution in [0.25, 0.3) is 0 Å². The van der Waals surface area contributed by atoms with Gasteiger partial charge in [0, 0.05) is 0 Å². The van der Waals surface area contributed by atoms with Crippen LogP contribution in [-0.4, -0.2) is 17.6 Å². The molecule has 3 heteroatoms. The van der Waals surface area contributed by atoms with Crippen LogP contribution in [0.1, 0.15) is 51.9 Å². The molecule has 0 bridgehead atoms. The topological polar surface area (TPSA) is 63.3 Å². The highest BCUT2D eigenvalue weighted by Gasteiger charge is 2.55. The standard InChI is InChI=1S/C16H25NO2/c1-15(3-2-4-15)7-11-5-12-8-16(10-17,9-14(18)19)13(12)6-11/h6,12-13H,2-5,7-10,17H2,1H3,(H,18,19)/t12-,13-,16-/m1/s1. The van der Waals surface area contributed by atoms with Crippen LogP contribution in [0.4, 0.5) is 0 Å². The maximum absolute atomic E-state index is 11.0. The van der Waals surface area contributed by atoms with E-state index in [9.17, 15) is 4.79 Å². The number of allylic oxidation sites excluding steroid dienone is 2. The third-order valence-electron chi connectivity index (χ3n) is 5.95. The lowest BCUT2D eigenvalue weighted by Gasteiger charge is -2.51. The fourth-order valence-corrected chi connectivity index (χ4v) is 4.71. The predicted octanol–water partition coefficient (Wildman–Crippen LogP) is 2.95. The van der Waals surface area contributed by atoms with E-state index in [-0.39, 0.29) is 11.8 Å².